The zero-order chi connectivity index (χ0) is 10.6. The summed E-state index contributed by atoms with van der Waals surface area (Å²) in [7, 11) is 1.37. The molecule has 1 saturated heterocycles. The van der Waals surface area contributed by atoms with E-state index in [9.17, 15) is 9.59 Å². The molecule has 0 atom stereocenters. The van der Waals surface area contributed by atoms with Crippen LogP contribution in [0.2, 0.25) is 0 Å². The van der Waals surface area contributed by atoms with Gasteiger partial charge in [0.05, 0.1) is 13.5 Å². The lowest BCUT2D eigenvalue weighted by Crippen LogP contribution is -2.51. The Morgan fingerprint density at radius 3 is 2.64 bits per heavy atom. The number of ether oxygens (including phenoxy) is 1. The van der Waals surface area contributed by atoms with Crippen LogP contribution < -0.4 is 5.73 Å². The lowest BCUT2D eigenvalue weighted by molar-refractivity contribution is -0.147. The summed E-state index contributed by atoms with van der Waals surface area (Å²) in [6.07, 6.45) is 0.799. The Balaban J connectivity index is 2.17. The van der Waals surface area contributed by atoms with Crippen LogP contribution in [0.15, 0.2) is 0 Å². The van der Waals surface area contributed by atoms with E-state index in [1.807, 2.05) is 0 Å². The molecule has 0 aromatic heterocycles. The monoisotopic (exact) mass is 200 g/mol. The van der Waals surface area contributed by atoms with Crippen LogP contribution in [0, 0.1) is 5.92 Å². The van der Waals surface area contributed by atoms with Gasteiger partial charge in [-0.2, -0.15) is 0 Å². The van der Waals surface area contributed by atoms with E-state index in [-0.39, 0.29) is 17.8 Å². The van der Waals surface area contributed by atoms with Gasteiger partial charge in [-0.1, -0.05) is 0 Å². The van der Waals surface area contributed by atoms with E-state index in [2.05, 4.69) is 4.74 Å². The van der Waals surface area contributed by atoms with Gasteiger partial charge in [0.2, 0.25) is 5.91 Å². The van der Waals surface area contributed by atoms with Crippen LogP contribution >= 0.6 is 0 Å². The molecule has 1 aliphatic rings. The number of esters is 1. The molecule has 1 heterocycles. The minimum absolute atomic E-state index is 0.0774. The molecule has 2 N–H and O–H groups in total. The van der Waals surface area contributed by atoms with Gasteiger partial charge < -0.3 is 15.4 Å². The van der Waals surface area contributed by atoms with Gasteiger partial charge in [0.1, 0.15) is 0 Å². The van der Waals surface area contributed by atoms with E-state index in [0.29, 0.717) is 32.5 Å². The molecule has 0 bridgehead atoms. The first kappa shape index (κ1) is 11.0. The Bertz CT molecular complexity index is 224. The first-order valence-corrected chi connectivity index (χ1v) is 4.72. The van der Waals surface area contributed by atoms with Crippen molar-refractivity contribution in [3.05, 3.63) is 0 Å². The minimum Gasteiger partial charge on any atom is -0.469 e. The number of methoxy groups -OCH3 is 1. The lowest BCUT2D eigenvalue weighted by atomic mass is 9.96. The van der Waals surface area contributed by atoms with Crippen molar-refractivity contribution in [1.82, 2.24) is 4.90 Å². The number of rotatable bonds is 4. The maximum absolute atomic E-state index is 11.3. The highest BCUT2D eigenvalue weighted by molar-refractivity contribution is 5.77. The highest BCUT2D eigenvalue weighted by Crippen LogP contribution is 2.19. The molecule has 1 amide bonds. The van der Waals surface area contributed by atoms with Gasteiger partial charge in [-0.05, 0) is 0 Å². The number of amides is 1. The van der Waals surface area contributed by atoms with E-state index in [1.54, 1.807) is 4.90 Å². The number of likely N-dealkylation sites (tertiary alicyclic amines) is 1. The average Bonchev–Trinajstić information content (AvgIpc) is 2.10. The largest absolute Gasteiger partial charge is 0.469 e. The first-order chi connectivity index (χ1) is 6.67. The third-order valence-corrected chi connectivity index (χ3v) is 2.35. The van der Waals surface area contributed by atoms with Crippen LogP contribution in [-0.4, -0.2) is 43.5 Å². The quantitative estimate of drug-likeness (QED) is 0.612. The molecule has 14 heavy (non-hydrogen) atoms. The Labute approximate surface area is 83.2 Å². The lowest BCUT2D eigenvalue weighted by Gasteiger charge is -2.38. The van der Waals surface area contributed by atoms with Gasteiger partial charge in [0.25, 0.3) is 0 Å². The molecule has 1 rings (SSSR count). The van der Waals surface area contributed by atoms with Crippen LogP contribution in [-0.2, 0) is 14.3 Å². The molecule has 80 valence electrons. The van der Waals surface area contributed by atoms with Gasteiger partial charge in [0.15, 0.2) is 0 Å². The van der Waals surface area contributed by atoms with E-state index in [4.69, 9.17) is 5.73 Å². The smallest absolute Gasteiger partial charge is 0.305 e. The van der Waals surface area contributed by atoms with Crippen molar-refractivity contribution in [2.45, 2.75) is 12.8 Å². The third kappa shape index (κ3) is 2.70. The van der Waals surface area contributed by atoms with E-state index in [1.165, 1.54) is 7.11 Å². The topological polar surface area (TPSA) is 72.6 Å². The minimum atomic E-state index is -0.207. The van der Waals surface area contributed by atoms with Crippen LogP contribution in [0.25, 0.3) is 0 Å². The summed E-state index contributed by atoms with van der Waals surface area (Å²) in [6.45, 7) is 1.71. The van der Waals surface area contributed by atoms with Gasteiger partial charge >= 0.3 is 5.97 Å². The van der Waals surface area contributed by atoms with Crippen LogP contribution in [0.3, 0.4) is 0 Å². The zero-order valence-corrected chi connectivity index (χ0v) is 8.36. The molecule has 0 unspecified atom stereocenters. The van der Waals surface area contributed by atoms with Crippen molar-refractivity contribution in [2.24, 2.45) is 11.7 Å². The second-order valence-electron chi connectivity index (χ2n) is 3.48. The van der Waals surface area contributed by atoms with Crippen molar-refractivity contribution >= 4 is 11.9 Å². The first-order valence-electron chi connectivity index (χ1n) is 4.72. The number of hydrogen-bond donors (Lipinski definition) is 1. The normalized spacial score (nSPS) is 16.3. The zero-order valence-electron chi connectivity index (χ0n) is 8.36. The summed E-state index contributed by atoms with van der Waals surface area (Å²) >= 11 is 0. The molecular weight excluding hydrogens is 184 g/mol. The second kappa shape index (κ2) is 4.95. The van der Waals surface area contributed by atoms with Crippen molar-refractivity contribution in [2.75, 3.05) is 26.7 Å². The number of carbonyl (C=O) groups is 2. The summed E-state index contributed by atoms with van der Waals surface area (Å²) in [5, 5.41) is 0. The van der Waals surface area contributed by atoms with E-state index >= 15 is 0 Å². The number of nitrogens with zero attached hydrogens (tertiary/aromatic N) is 1. The highest BCUT2D eigenvalue weighted by atomic mass is 16.5. The maximum Gasteiger partial charge on any atom is 0.305 e. The molecule has 0 aromatic rings. The van der Waals surface area contributed by atoms with Crippen LogP contribution in [0.1, 0.15) is 12.8 Å². The average molecular weight is 200 g/mol. The molecule has 0 radical (unpaired) electrons. The summed E-state index contributed by atoms with van der Waals surface area (Å²) in [5.74, 6) is 0.138. The number of nitrogens with two attached hydrogens (primary N) is 1. The summed E-state index contributed by atoms with van der Waals surface area (Å²) in [6, 6.07) is 0. The van der Waals surface area contributed by atoms with Crippen molar-refractivity contribution in [3.8, 4) is 0 Å². The van der Waals surface area contributed by atoms with Crippen molar-refractivity contribution < 1.29 is 14.3 Å². The summed E-state index contributed by atoms with van der Waals surface area (Å²) in [5.41, 5.74) is 5.26. The van der Waals surface area contributed by atoms with Crippen LogP contribution in [0.4, 0.5) is 0 Å². The Morgan fingerprint density at radius 1 is 1.50 bits per heavy atom. The predicted molar refractivity (Wildman–Crippen MR) is 50.4 cm³/mol. The highest BCUT2D eigenvalue weighted by Gasteiger charge is 2.31. The Hall–Kier alpha value is -1.10. The van der Waals surface area contributed by atoms with Crippen molar-refractivity contribution in [1.29, 1.82) is 0 Å². The Kier molecular flexibility index (Phi) is 3.88. The maximum atomic E-state index is 11.3. The van der Waals surface area contributed by atoms with Gasteiger partial charge in [-0.25, -0.2) is 0 Å². The van der Waals surface area contributed by atoms with Gasteiger partial charge in [-0.3, -0.25) is 9.59 Å². The fourth-order valence-electron chi connectivity index (χ4n) is 1.50. The standard InChI is InChI=1S/C9H16N2O3/c1-14-9(13)4-7-5-11(6-7)8(12)2-3-10/h7H,2-6,10H2,1H3. The fraction of sp³-hybridized carbons (Fsp3) is 0.778. The fourth-order valence-corrected chi connectivity index (χ4v) is 1.50. The molecule has 1 aliphatic heterocycles. The molecule has 0 aliphatic carbocycles. The van der Waals surface area contributed by atoms with Crippen LogP contribution in [0.5, 0.6) is 0 Å². The molecular formula is C9H16N2O3. The van der Waals surface area contributed by atoms with E-state index < -0.39 is 0 Å². The summed E-state index contributed by atoms with van der Waals surface area (Å²) < 4.78 is 4.54. The second-order valence-corrected chi connectivity index (χ2v) is 3.48. The summed E-state index contributed by atoms with van der Waals surface area (Å²) in [4.78, 5) is 23.9. The van der Waals surface area contributed by atoms with E-state index in [0.717, 1.165) is 0 Å². The number of carbonyl (C=O) groups excluding carboxylic acids is 2. The molecule has 5 heteroatoms. The molecule has 1 fully saturated rings. The van der Waals surface area contributed by atoms with Crippen molar-refractivity contribution in [3.63, 3.8) is 0 Å². The van der Waals surface area contributed by atoms with Gasteiger partial charge in [-0.15, -0.1) is 0 Å². The number of hydrogen-bond acceptors (Lipinski definition) is 4. The van der Waals surface area contributed by atoms with Gasteiger partial charge in [0, 0.05) is 32.0 Å². The molecule has 0 spiro atoms. The predicted octanol–water partition coefficient (Wildman–Crippen LogP) is -0.643. The SMILES string of the molecule is COC(=O)CC1CN(C(=O)CCN)C1. The molecule has 0 saturated carbocycles. The molecule has 5 nitrogen and oxygen atoms in total. The molecule has 0 aromatic carbocycles. The Morgan fingerprint density at radius 2 is 2.14 bits per heavy atom. The third-order valence-electron chi connectivity index (χ3n) is 2.35.